The molecule has 3 atom stereocenters. The normalized spacial score (nSPS) is 24.5. The lowest BCUT2D eigenvalue weighted by Crippen LogP contribution is -2.37. The number of nitrogens with zero attached hydrogens (tertiary/aromatic N) is 4. The molecule has 2 aliphatic heterocycles. The summed E-state index contributed by atoms with van der Waals surface area (Å²) in [6.07, 6.45) is -3.42. The van der Waals surface area contributed by atoms with E-state index in [0.29, 0.717) is 31.0 Å². The van der Waals surface area contributed by atoms with Crippen LogP contribution in [0.2, 0.25) is 0 Å². The number of hydrogen-bond donors (Lipinski definition) is 2. The Balaban J connectivity index is 1.48. The summed E-state index contributed by atoms with van der Waals surface area (Å²) in [4.78, 5) is 14.5. The molecule has 158 valence electrons. The second kappa shape index (κ2) is 7.07. The van der Waals surface area contributed by atoms with Gasteiger partial charge in [-0.15, -0.1) is 0 Å². The molecule has 4 rings (SSSR count). The van der Waals surface area contributed by atoms with Crippen LogP contribution in [0.25, 0.3) is 0 Å². The van der Waals surface area contributed by atoms with Crippen LogP contribution in [-0.2, 0) is 11.2 Å². The van der Waals surface area contributed by atoms with Gasteiger partial charge in [-0.2, -0.15) is 23.4 Å². The first-order valence-corrected chi connectivity index (χ1v) is 9.84. The Bertz CT molecular complexity index is 898. The van der Waals surface area contributed by atoms with Crippen LogP contribution in [-0.4, -0.2) is 56.1 Å². The number of rotatable bonds is 3. The van der Waals surface area contributed by atoms with Crippen LogP contribution in [0.4, 0.5) is 19.0 Å². The van der Waals surface area contributed by atoms with Gasteiger partial charge in [0.2, 0.25) is 5.91 Å². The standard InChI is InChI=1S/C19H25F3N6O/c1-10-6-16(19(20,21)22)28-17(23-10)8-15(26-28)13-4-5-27(9-13)18(29)7-14-11(2)24-25-12(14)3/h8,10,13,16,23H,4-7,9H2,1-3H3,(H,24,25)/t10-,13+,16-/m1/s1. The molecule has 2 N–H and O–H groups in total. The smallest absolute Gasteiger partial charge is 0.368 e. The highest BCUT2D eigenvalue weighted by molar-refractivity contribution is 5.79. The number of H-pyrrole nitrogens is 1. The summed E-state index contributed by atoms with van der Waals surface area (Å²) in [6, 6.07) is -0.187. The maximum absolute atomic E-state index is 13.4. The molecule has 7 nitrogen and oxygen atoms in total. The van der Waals surface area contributed by atoms with Gasteiger partial charge in [0.05, 0.1) is 17.8 Å². The number of aryl methyl sites for hydroxylation is 2. The van der Waals surface area contributed by atoms with Crippen molar-refractivity contribution in [3.8, 4) is 0 Å². The van der Waals surface area contributed by atoms with Gasteiger partial charge in [-0.25, -0.2) is 4.68 Å². The molecule has 0 aliphatic carbocycles. The second-order valence-electron chi connectivity index (χ2n) is 8.15. The van der Waals surface area contributed by atoms with Crippen molar-refractivity contribution in [2.24, 2.45) is 0 Å². The number of nitrogens with one attached hydrogen (secondary N) is 2. The first-order valence-electron chi connectivity index (χ1n) is 9.84. The molecule has 29 heavy (non-hydrogen) atoms. The third kappa shape index (κ3) is 3.72. The number of likely N-dealkylation sites (tertiary alicyclic amines) is 1. The van der Waals surface area contributed by atoms with Gasteiger partial charge in [-0.1, -0.05) is 0 Å². The third-order valence-corrected chi connectivity index (χ3v) is 5.97. The summed E-state index contributed by atoms with van der Waals surface area (Å²) in [5, 5.41) is 14.4. The molecule has 1 fully saturated rings. The fourth-order valence-electron chi connectivity index (χ4n) is 4.30. The van der Waals surface area contributed by atoms with Gasteiger partial charge in [0.15, 0.2) is 6.04 Å². The largest absolute Gasteiger partial charge is 0.410 e. The van der Waals surface area contributed by atoms with E-state index in [0.717, 1.165) is 21.6 Å². The Morgan fingerprint density at radius 1 is 1.34 bits per heavy atom. The molecule has 0 saturated carbocycles. The maximum Gasteiger partial charge on any atom is 0.410 e. The minimum Gasteiger partial charge on any atom is -0.368 e. The van der Waals surface area contributed by atoms with Crippen molar-refractivity contribution in [2.45, 2.75) is 64.2 Å². The fourth-order valence-corrected chi connectivity index (χ4v) is 4.30. The van der Waals surface area contributed by atoms with Crippen molar-refractivity contribution >= 4 is 11.7 Å². The number of hydrogen-bond acceptors (Lipinski definition) is 4. The highest BCUT2D eigenvalue weighted by atomic mass is 19.4. The first-order chi connectivity index (χ1) is 13.6. The minimum atomic E-state index is -4.34. The average Bonchev–Trinajstić information content (AvgIpc) is 3.34. The number of carbonyl (C=O) groups excluding carboxylic acids is 1. The zero-order chi connectivity index (χ0) is 20.9. The molecular formula is C19H25F3N6O. The molecule has 0 unspecified atom stereocenters. The molecule has 1 saturated heterocycles. The highest BCUT2D eigenvalue weighted by Gasteiger charge is 2.46. The topological polar surface area (TPSA) is 78.8 Å². The van der Waals surface area contributed by atoms with Crippen molar-refractivity contribution in [3.05, 3.63) is 28.7 Å². The van der Waals surface area contributed by atoms with Crippen molar-refractivity contribution < 1.29 is 18.0 Å². The summed E-state index contributed by atoms with van der Waals surface area (Å²) in [5.74, 6) is 0.342. The quantitative estimate of drug-likeness (QED) is 0.815. The van der Waals surface area contributed by atoms with Gasteiger partial charge < -0.3 is 10.2 Å². The molecule has 2 aliphatic rings. The second-order valence-corrected chi connectivity index (χ2v) is 8.15. The number of carbonyl (C=O) groups is 1. The van der Waals surface area contributed by atoms with Crippen LogP contribution in [0, 0.1) is 13.8 Å². The predicted molar refractivity (Wildman–Crippen MR) is 101 cm³/mol. The molecule has 0 radical (unpaired) electrons. The minimum absolute atomic E-state index is 0.00369. The van der Waals surface area contributed by atoms with Gasteiger partial charge >= 0.3 is 6.18 Å². The van der Waals surface area contributed by atoms with Crippen LogP contribution in [0.15, 0.2) is 6.07 Å². The summed E-state index contributed by atoms with van der Waals surface area (Å²) in [5.41, 5.74) is 3.21. The van der Waals surface area contributed by atoms with Crippen molar-refractivity contribution in [1.29, 1.82) is 0 Å². The summed E-state index contributed by atoms with van der Waals surface area (Å²) in [6.45, 7) is 6.53. The lowest BCUT2D eigenvalue weighted by Gasteiger charge is -2.31. The molecule has 2 aromatic rings. The van der Waals surface area contributed by atoms with E-state index in [1.807, 2.05) is 13.8 Å². The average molecular weight is 410 g/mol. The van der Waals surface area contributed by atoms with E-state index in [4.69, 9.17) is 0 Å². The van der Waals surface area contributed by atoms with Gasteiger partial charge in [-0.05, 0) is 33.6 Å². The molecule has 10 heteroatoms. The number of alkyl halides is 3. The molecule has 1 amide bonds. The van der Waals surface area contributed by atoms with E-state index in [2.05, 4.69) is 20.6 Å². The Kier molecular flexibility index (Phi) is 4.82. The SMILES string of the molecule is Cc1n[nH]c(C)c1CC(=O)N1CC[C@H](c2cc3n(n2)[C@@H](C(F)(F)F)C[C@@H](C)N3)C1. The van der Waals surface area contributed by atoms with Gasteiger partial charge in [-0.3, -0.25) is 9.89 Å². The predicted octanol–water partition coefficient (Wildman–Crippen LogP) is 3.09. The zero-order valence-corrected chi connectivity index (χ0v) is 16.7. The van der Waals surface area contributed by atoms with Crippen LogP contribution < -0.4 is 5.32 Å². The molecule has 0 bridgehead atoms. The van der Waals surface area contributed by atoms with E-state index in [1.54, 1.807) is 17.9 Å². The van der Waals surface area contributed by atoms with Crippen LogP contribution in [0.3, 0.4) is 0 Å². The van der Waals surface area contributed by atoms with E-state index >= 15 is 0 Å². The number of fused-ring (bicyclic) bond motifs is 1. The Morgan fingerprint density at radius 3 is 2.76 bits per heavy atom. The summed E-state index contributed by atoms with van der Waals surface area (Å²) < 4.78 is 41.4. The van der Waals surface area contributed by atoms with Crippen LogP contribution >= 0.6 is 0 Å². The van der Waals surface area contributed by atoms with E-state index in [-0.39, 0.29) is 30.7 Å². The Labute approximate surface area is 166 Å². The molecule has 0 spiro atoms. The van der Waals surface area contributed by atoms with E-state index in [1.165, 1.54) is 0 Å². The number of anilines is 1. The monoisotopic (exact) mass is 410 g/mol. The molecular weight excluding hydrogens is 385 g/mol. The number of amides is 1. The van der Waals surface area contributed by atoms with Crippen molar-refractivity contribution in [3.63, 3.8) is 0 Å². The van der Waals surface area contributed by atoms with Crippen molar-refractivity contribution in [1.82, 2.24) is 24.9 Å². The Hall–Kier alpha value is -2.52. The molecule has 0 aromatic carbocycles. The van der Waals surface area contributed by atoms with Crippen LogP contribution in [0.5, 0.6) is 0 Å². The van der Waals surface area contributed by atoms with Gasteiger partial charge in [0.1, 0.15) is 5.82 Å². The lowest BCUT2D eigenvalue weighted by molar-refractivity contribution is -0.173. The highest BCUT2D eigenvalue weighted by Crippen LogP contribution is 2.40. The lowest BCUT2D eigenvalue weighted by atomic mass is 10.0. The van der Waals surface area contributed by atoms with Crippen molar-refractivity contribution in [2.75, 3.05) is 18.4 Å². The zero-order valence-electron chi connectivity index (χ0n) is 16.7. The number of aromatic amines is 1. The maximum atomic E-state index is 13.4. The summed E-state index contributed by atoms with van der Waals surface area (Å²) in [7, 11) is 0. The third-order valence-electron chi connectivity index (χ3n) is 5.97. The summed E-state index contributed by atoms with van der Waals surface area (Å²) >= 11 is 0. The molecule has 4 heterocycles. The number of halogens is 3. The number of aromatic nitrogens is 4. The van der Waals surface area contributed by atoms with Crippen LogP contribution in [0.1, 0.15) is 54.4 Å². The van der Waals surface area contributed by atoms with Gasteiger partial charge in [0, 0.05) is 42.4 Å². The van der Waals surface area contributed by atoms with Gasteiger partial charge in [0.25, 0.3) is 0 Å². The van der Waals surface area contributed by atoms with E-state index in [9.17, 15) is 18.0 Å². The van der Waals surface area contributed by atoms with E-state index < -0.39 is 12.2 Å². The molecule has 2 aromatic heterocycles. The first kappa shape index (κ1) is 19.8. The Morgan fingerprint density at radius 2 is 2.10 bits per heavy atom. The fraction of sp³-hybridized carbons (Fsp3) is 0.632.